The maximum Gasteiger partial charge on any atom is 0.339 e. The summed E-state index contributed by atoms with van der Waals surface area (Å²) in [7, 11) is 0. The van der Waals surface area contributed by atoms with Gasteiger partial charge in [-0.1, -0.05) is 30.7 Å². The molecule has 0 fully saturated rings. The number of carboxylic acids is 1. The van der Waals surface area contributed by atoms with Gasteiger partial charge in [-0.25, -0.2) is 4.79 Å². The Morgan fingerprint density at radius 1 is 0.941 bits per heavy atom. The summed E-state index contributed by atoms with van der Waals surface area (Å²) < 4.78 is 0. The predicted octanol–water partition coefficient (Wildman–Crippen LogP) is 5.72. The number of hydrogen-bond acceptors (Lipinski definition) is 5. The van der Waals surface area contributed by atoms with Crippen molar-refractivity contribution in [3.05, 3.63) is 77.9 Å². The van der Waals surface area contributed by atoms with Crippen LogP contribution < -0.4 is 16.0 Å². The van der Waals surface area contributed by atoms with Crippen molar-refractivity contribution >= 4 is 58.0 Å². The molecule has 0 heterocycles. The third kappa shape index (κ3) is 6.97. The topological polar surface area (TPSA) is 111 Å². The first-order valence-electron chi connectivity index (χ1n) is 10.5. The van der Waals surface area contributed by atoms with Crippen molar-refractivity contribution in [1.82, 2.24) is 0 Å². The fourth-order valence-electron chi connectivity index (χ4n) is 3.07. The van der Waals surface area contributed by atoms with Crippen molar-refractivity contribution in [3.8, 4) is 5.75 Å². The first kappa shape index (κ1) is 25.1. The Balaban J connectivity index is 1.63. The number of aromatic carboxylic acids is 1. The molecule has 5 N–H and O–H groups in total. The van der Waals surface area contributed by atoms with Crippen LogP contribution in [0.5, 0.6) is 5.75 Å². The van der Waals surface area contributed by atoms with E-state index in [1.165, 1.54) is 30.0 Å². The summed E-state index contributed by atoms with van der Waals surface area (Å²) in [6.07, 6.45) is 0.561. The summed E-state index contributed by atoms with van der Waals surface area (Å²) in [4.78, 5) is 24.9. The SMILES string of the molecule is CCC(Sc1cccc(NC(=S)Nc2ccc(C)cc2)c1)C(=O)Nc1ccc(O)c(C(=O)O)c1. The number of carboxylic acid groups (broad SMARTS) is 1. The number of thiocarbonyl (C=S) groups is 1. The molecule has 0 aliphatic heterocycles. The first-order valence-corrected chi connectivity index (χ1v) is 11.8. The molecular weight excluding hydrogens is 470 g/mol. The molecular formula is C25H25N3O4S2. The molecule has 0 radical (unpaired) electrons. The zero-order valence-corrected chi connectivity index (χ0v) is 20.3. The first-order chi connectivity index (χ1) is 16.2. The fourth-order valence-corrected chi connectivity index (χ4v) is 4.32. The van der Waals surface area contributed by atoms with E-state index in [1.54, 1.807) is 0 Å². The average molecular weight is 496 g/mol. The van der Waals surface area contributed by atoms with Gasteiger partial charge in [0, 0.05) is 22.0 Å². The second kappa shape index (κ2) is 11.5. The molecule has 1 unspecified atom stereocenters. The number of carbonyl (C=O) groups is 2. The summed E-state index contributed by atoms with van der Waals surface area (Å²) in [5.41, 5.74) is 2.87. The molecule has 3 aromatic rings. The van der Waals surface area contributed by atoms with E-state index < -0.39 is 11.2 Å². The lowest BCUT2D eigenvalue weighted by Gasteiger charge is -2.16. The smallest absolute Gasteiger partial charge is 0.339 e. The van der Waals surface area contributed by atoms with Crippen molar-refractivity contribution in [2.75, 3.05) is 16.0 Å². The lowest BCUT2D eigenvalue weighted by atomic mass is 10.1. The van der Waals surface area contributed by atoms with Gasteiger partial charge < -0.3 is 26.2 Å². The van der Waals surface area contributed by atoms with Gasteiger partial charge in [-0.05, 0) is 74.1 Å². The Hall–Kier alpha value is -3.56. The van der Waals surface area contributed by atoms with E-state index in [9.17, 15) is 14.7 Å². The van der Waals surface area contributed by atoms with Gasteiger partial charge in [0.05, 0.1) is 5.25 Å². The van der Waals surface area contributed by atoms with Gasteiger partial charge in [-0.2, -0.15) is 0 Å². The second-order valence-electron chi connectivity index (χ2n) is 7.51. The zero-order valence-electron chi connectivity index (χ0n) is 18.7. The van der Waals surface area contributed by atoms with Gasteiger partial charge >= 0.3 is 5.97 Å². The number of nitrogens with one attached hydrogen (secondary N) is 3. The number of phenols is 1. The molecule has 7 nitrogen and oxygen atoms in total. The second-order valence-corrected chi connectivity index (χ2v) is 9.20. The number of thioether (sulfide) groups is 1. The molecule has 34 heavy (non-hydrogen) atoms. The molecule has 9 heteroatoms. The Kier molecular flexibility index (Phi) is 8.50. The average Bonchev–Trinajstić information content (AvgIpc) is 2.80. The normalized spacial score (nSPS) is 11.4. The predicted molar refractivity (Wildman–Crippen MR) is 141 cm³/mol. The van der Waals surface area contributed by atoms with Crippen molar-refractivity contribution < 1.29 is 19.8 Å². The fraction of sp³-hybridized carbons (Fsp3) is 0.160. The molecule has 3 rings (SSSR count). The molecule has 0 aliphatic carbocycles. The van der Waals surface area contributed by atoms with Gasteiger partial charge in [0.15, 0.2) is 5.11 Å². The van der Waals surface area contributed by atoms with E-state index in [1.807, 2.05) is 62.4 Å². The highest BCUT2D eigenvalue weighted by atomic mass is 32.2. The van der Waals surface area contributed by atoms with Gasteiger partial charge in [-0.15, -0.1) is 11.8 Å². The molecule has 0 bridgehead atoms. The van der Waals surface area contributed by atoms with E-state index in [0.29, 0.717) is 17.2 Å². The standard InChI is InChI=1S/C25H25N3O4S2/c1-3-22(23(30)26-18-11-12-21(29)20(14-18)24(31)32)34-19-6-4-5-17(13-19)28-25(33)27-16-9-7-15(2)8-10-16/h4-14,22,29H,3H2,1-2H3,(H,26,30)(H,31,32)(H2,27,28,33). The number of carbonyl (C=O) groups excluding carboxylic acids is 1. The molecule has 0 aromatic heterocycles. The van der Waals surface area contributed by atoms with Crippen LogP contribution >= 0.6 is 24.0 Å². The lowest BCUT2D eigenvalue weighted by molar-refractivity contribution is -0.115. The van der Waals surface area contributed by atoms with E-state index in [-0.39, 0.29) is 17.2 Å². The summed E-state index contributed by atoms with van der Waals surface area (Å²) in [6, 6.07) is 19.4. The third-order valence-corrected chi connectivity index (χ3v) is 6.40. The number of amides is 1. The van der Waals surface area contributed by atoms with Crippen LogP contribution in [0.15, 0.2) is 71.6 Å². The highest BCUT2D eigenvalue weighted by Crippen LogP contribution is 2.29. The molecule has 0 saturated heterocycles. The Morgan fingerprint density at radius 3 is 2.26 bits per heavy atom. The number of anilines is 3. The summed E-state index contributed by atoms with van der Waals surface area (Å²) in [5, 5.41) is 27.9. The van der Waals surface area contributed by atoms with Crippen molar-refractivity contribution in [2.45, 2.75) is 30.4 Å². The van der Waals surface area contributed by atoms with Crippen LogP contribution in [0.4, 0.5) is 17.1 Å². The Labute approximate surface area is 207 Å². The Bertz CT molecular complexity index is 1200. The van der Waals surface area contributed by atoms with Crippen molar-refractivity contribution in [2.24, 2.45) is 0 Å². The van der Waals surface area contributed by atoms with E-state index in [2.05, 4.69) is 16.0 Å². The molecule has 0 saturated carbocycles. The van der Waals surface area contributed by atoms with Gasteiger partial charge in [-0.3, -0.25) is 4.79 Å². The summed E-state index contributed by atoms with van der Waals surface area (Å²) >= 11 is 6.80. The zero-order chi connectivity index (χ0) is 24.7. The largest absolute Gasteiger partial charge is 0.507 e. The molecule has 0 aliphatic rings. The maximum atomic E-state index is 12.8. The van der Waals surface area contributed by atoms with Crippen molar-refractivity contribution in [1.29, 1.82) is 0 Å². The molecule has 3 aromatic carbocycles. The van der Waals surface area contributed by atoms with Crippen LogP contribution in [0.25, 0.3) is 0 Å². The number of hydrogen-bond donors (Lipinski definition) is 5. The van der Waals surface area contributed by atoms with Crippen LogP contribution in [0, 0.1) is 6.92 Å². The molecule has 1 amide bonds. The van der Waals surface area contributed by atoms with Gasteiger partial charge in [0.1, 0.15) is 11.3 Å². The van der Waals surface area contributed by atoms with E-state index in [4.69, 9.17) is 17.3 Å². The quantitative estimate of drug-likeness (QED) is 0.153. The van der Waals surface area contributed by atoms with Crippen LogP contribution in [-0.4, -0.2) is 32.5 Å². The highest BCUT2D eigenvalue weighted by molar-refractivity contribution is 8.00. The van der Waals surface area contributed by atoms with Crippen LogP contribution in [-0.2, 0) is 4.79 Å². The minimum atomic E-state index is -1.27. The van der Waals surface area contributed by atoms with E-state index >= 15 is 0 Å². The lowest BCUT2D eigenvalue weighted by Crippen LogP contribution is -2.24. The van der Waals surface area contributed by atoms with Crippen LogP contribution in [0.1, 0.15) is 29.3 Å². The van der Waals surface area contributed by atoms with Gasteiger partial charge in [0.2, 0.25) is 5.91 Å². The van der Waals surface area contributed by atoms with Crippen molar-refractivity contribution in [3.63, 3.8) is 0 Å². The molecule has 176 valence electrons. The number of aromatic hydroxyl groups is 1. The summed E-state index contributed by atoms with van der Waals surface area (Å²) in [5.74, 6) is -1.88. The number of aryl methyl sites for hydroxylation is 1. The van der Waals surface area contributed by atoms with E-state index in [0.717, 1.165) is 21.8 Å². The summed E-state index contributed by atoms with van der Waals surface area (Å²) in [6.45, 7) is 3.92. The third-order valence-electron chi connectivity index (χ3n) is 4.84. The number of rotatable bonds is 8. The minimum absolute atomic E-state index is 0.260. The van der Waals surface area contributed by atoms with Crippen LogP contribution in [0.3, 0.4) is 0 Å². The molecule has 1 atom stereocenters. The Morgan fingerprint density at radius 2 is 1.59 bits per heavy atom. The highest BCUT2D eigenvalue weighted by Gasteiger charge is 2.19. The molecule has 0 spiro atoms. The maximum absolute atomic E-state index is 12.8. The van der Waals surface area contributed by atoms with Crippen LogP contribution in [0.2, 0.25) is 0 Å². The monoisotopic (exact) mass is 495 g/mol. The van der Waals surface area contributed by atoms with Gasteiger partial charge in [0.25, 0.3) is 0 Å². The minimum Gasteiger partial charge on any atom is -0.507 e. The number of benzene rings is 3.